The molecule has 0 radical (unpaired) electrons. The highest BCUT2D eigenvalue weighted by Gasteiger charge is 2.22. The van der Waals surface area contributed by atoms with Crippen LogP contribution in [0.15, 0.2) is 5.51 Å². The Morgan fingerprint density at radius 2 is 2.00 bits per heavy atom. The number of hydrogen-bond acceptors (Lipinski definition) is 2. The maximum atomic E-state index is 12.0. The Labute approximate surface area is 117 Å². The average molecular weight is 319 g/mol. The Kier molecular flexibility index (Phi) is 5.59. The first-order chi connectivity index (χ1) is 7.68. The van der Waals surface area contributed by atoms with Gasteiger partial charge in [-0.15, -0.1) is 0 Å². The van der Waals surface area contributed by atoms with Crippen molar-refractivity contribution in [2.24, 2.45) is 0 Å². The van der Waals surface area contributed by atoms with Gasteiger partial charge in [-0.25, -0.2) is 0 Å². The Hall–Kier alpha value is -0.420. The van der Waals surface area contributed by atoms with Gasteiger partial charge in [0.2, 0.25) is 12.1 Å². The van der Waals surface area contributed by atoms with E-state index in [-0.39, 0.29) is 22.9 Å². The molecule has 0 aliphatic carbocycles. The van der Waals surface area contributed by atoms with Crippen LogP contribution in [0.4, 0.5) is 0 Å². The van der Waals surface area contributed by atoms with Crippen molar-refractivity contribution in [1.29, 1.82) is 0 Å². The summed E-state index contributed by atoms with van der Waals surface area (Å²) in [6.07, 6.45) is 3.60. The lowest BCUT2D eigenvalue weighted by Gasteiger charge is -2.25. The van der Waals surface area contributed by atoms with E-state index in [1.54, 1.807) is 11.3 Å². The summed E-state index contributed by atoms with van der Waals surface area (Å²) in [5.41, 5.74) is 3.27. The number of rotatable bonds is 2. The predicted molar refractivity (Wildman–Crippen MR) is 64.4 cm³/mol. The molecule has 96 valence electrons. The molecule has 5 heteroatoms. The molecule has 1 aliphatic rings. The van der Waals surface area contributed by atoms with Crippen LogP contribution >= 0.6 is 11.3 Å². The molecule has 1 fully saturated rings. The predicted octanol–water partition coefficient (Wildman–Crippen LogP) is -1.33. The number of aryl methyl sites for hydroxylation is 1. The second kappa shape index (κ2) is 6.50. The van der Waals surface area contributed by atoms with Gasteiger partial charge in [0.25, 0.3) is 5.91 Å². The van der Waals surface area contributed by atoms with E-state index in [1.807, 2.05) is 10.4 Å². The minimum atomic E-state index is 0. The fraction of sp³-hybridized carbons (Fsp3) is 0.667. The molecule has 1 saturated heterocycles. The van der Waals surface area contributed by atoms with Crippen molar-refractivity contribution in [1.82, 2.24) is 4.90 Å². The van der Waals surface area contributed by atoms with Gasteiger partial charge < -0.3 is 21.9 Å². The SMILES string of the molecule is Cc1sc[n+](CC(=O)N2CCCCC2)c1C.[Br-]. The summed E-state index contributed by atoms with van der Waals surface area (Å²) in [4.78, 5) is 15.3. The van der Waals surface area contributed by atoms with Gasteiger partial charge in [-0.1, -0.05) is 11.3 Å². The van der Waals surface area contributed by atoms with E-state index >= 15 is 0 Å². The molecule has 1 aromatic heterocycles. The van der Waals surface area contributed by atoms with E-state index in [1.165, 1.54) is 17.0 Å². The number of likely N-dealkylation sites (tertiary alicyclic amines) is 1. The Morgan fingerprint density at radius 3 is 2.53 bits per heavy atom. The lowest BCUT2D eigenvalue weighted by atomic mass is 10.1. The number of hydrogen-bond donors (Lipinski definition) is 0. The van der Waals surface area contributed by atoms with E-state index in [4.69, 9.17) is 0 Å². The summed E-state index contributed by atoms with van der Waals surface area (Å²) >= 11 is 1.71. The number of carbonyl (C=O) groups is 1. The van der Waals surface area contributed by atoms with Crippen molar-refractivity contribution in [3.8, 4) is 0 Å². The van der Waals surface area contributed by atoms with Crippen LogP contribution in [0.25, 0.3) is 0 Å². The first-order valence-electron chi connectivity index (χ1n) is 5.90. The quantitative estimate of drug-likeness (QED) is 0.620. The molecular weight excluding hydrogens is 300 g/mol. The highest BCUT2D eigenvalue weighted by atomic mass is 79.9. The number of piperidine rings is 1. The molecule has 2 rings (SSSR count). The third kappa shape index (κ3) is 3.52. The van der Waals surface area contributed by atoms with Crippen molar-refractivity contribution in [3.05, 3.63) is 16.1 Å². The molecule has 0 bridgehead atoms. The van der Waals surface area contributed by atoms with Crippen LogP contribution < -0.4 is 21.5 Å². The van der Waals surface area contributed by atoms with Crippen molar-refractivity contribution in [2.45, 2.75) is 39.7 Å². The molecule has 0 saturated carbocycles. The van der Waals surface area contributed by atoms with Crippen molar-refractivity contribution in [2.75, 3.05) is 13.1 Å². The monoisotopic (exact) mass is 318 g/mol. The van der Waals surface area contributed by atoms with Crippen molar-refractivity contribution in [3.63, 3.8) is 0 Å². The van der Waals surface area contributed by atoms with Crippen LogP contribution in [0.5, 0.6) is 0 Å². The topological polar surface area (TPSA) is 24.2 Å². The molecule has 1 aliphatic heterocycles. The van der Waals surface area contributed by atoms with Gasteiger partial charge in [0.05, 0.1) is 4.88 Å². The molecule has 0 N–H and O–H groups in total. The molecule has 0 atom stereocenters. The molecule has 0 unspecified atom stereocenters. The molecule has 2 heterocycles. The van der Waals surface area contributed by atoms with Crippen LogP contribution in [0.1, 0.15) is 29.8 Å². The third-order valence-electron chi connectivity index (χ3n) is 3.31. The van der Waals surface area contributed by atoms with Gasteiger partial charge in [-0.3, -0.25) is 4.79 Å². The van der Waals surface area contributed by atoms with Crippen molar-refractivity contribution >= 4 is 17.2 Å². The average Bonchev–Trinajstić information content (AvgIpc) is 2.62. The van der Waals surface area contributed by atoms with Gasteiger partial charge in [-0.05, 0) is 26.2 Å². The summed E-state index contributed by atoms with van der Waals surface area (Å²) in [7, 11) is 0. The van der Waals surface area contributed by atoms with E-state index in [0.717, 1.165) is 25.9 Å². The number of halogens is 1. The van der Waals surface area contributed by atoms with Gasteiger partial charge in [0, 0.05) is 20.0 Å². The zero-order valence-electron chi connectivity index (χ0n) is 10.4. The van der Waals surface area contributed by atoms with Crippen LogP contribution in [0.3, 0.4) is 0 Å². The Bertz CT molecular complexity index is 386. The van der Waals surface area contributed by atoms with Gasteiger partial charge >= 0.3 is 0 Å². The third-order valence-corrected chi connectivity index (χ3v) is 4.32. The number of thiazole rings is 1. The summed E-state index contributed by atoms with van der Waals surface area (Å²) in [5, 5.41) is 0. The van der Waals surface area contributed by atoms with E-state index in [2.05, 4.69) is 18.4 Å². The number of carbonyl (C=O) groups excluding carboxylic acids is 1. The Morgan fingerprint density at radius 1 is 1.35 bits per heavy atom. The molecule has 1 aromatic rings. The molecule has 17 heavy (non-hydrogen) atoms. The number of nitrogens with zero attached hydrogens (tertiary/aromatic N) is 2. The Balaban J connectivity index is 0.00000144. The molecule has 3 nitrogen and oxygen atoms in total. The highest BCUT2D eigenvalue weighted by Crippen LogP contribution is 2.10. The largest absolute Gasteiger partial charge is 1.00 e. The lowest BCUT2D eigenvalue weighted by molar-refractivity contribution is -0.686. The first kappa shape index (κ1) is 14.6. The molecule has 0 aromatic carbocycles. The first-order valence-corrected chi connectivity index (χ1v) is 6.78. The fourth-order valence-corrected chi connectivity index (χ4v) is 2.86. The van der Waals surface area contributed by atoms with Gasteiger partial charge in [-0.2, -0.15) is 4.57 Å². The van der Waals surface area contributed by atoms with Gasteiger partial charge in [0.1, 0.15) is 0 Å². The second-order valence-corrected chi connectivity index (χ2v) is 5.49. The second-order valence-electron chi connectivity index (χ2n) is 4.43. The van der Waals surface area contributed by atoms with Crippen LogP contribution in [0.2, 0.25) is 0 Å². The summed E-state index contributed by atoms with van der Waals surface area (Å²) in [5.74, 6) is 0.269. The molecular formula is C12H19BrN2OS. The van der Waals surface area contributed by atoms with Crippen molar-refractivity contribution < 1.29 is 26.3 Å². The number of aromatic nitrogens is 1. The van der Waals surface area contributed by atoms with E-state index < -0.39 is 0 Å². The zero-order chi connectivity index (χ0) is 11.5. The maximum Gasteiger partial charge on any atom is 0.288 e. The van der Waals surface area contributed by atoms with Crippen LogP contribution in [-0.2, 0) is 11.3 Å². The standard InChI is InChI=1S/C12H19N2OS.BrH/c1-10-11(2)16-9-14(10)8-12(15)13-6-4-3-5-7-13;/h9H,3-8H2,1-2H3;1H/q+1;/p-1. The fourth-order valence-electron chi connectivity index (χ4n) is 2.05. The minimum Gasteiger partial charge on any atom is -1.00 e. The number of amides is 1. The normalized spacial score (nSPS) is 15.5. The van der Waals surface area contributed by atoms with E-state index in [9.17, 15) is 4.79 Å². The maximum absolute atomic E-state index is 12.0. The smallest absolute Gasteiger partial charge is 0.288 e. The van der Waals surface area contributed by atoms with Gasteiger partial charge in [0.15, 0.2) is 5.69 Å². The molecule has 0 spiro atoms. The summed E-state index contributed by atoms with van der Waals surface area (Å²) in [6.45, 7) is 6.58. The van der Waals surface area contributed by atoms with Crippen LogP contribution in [-0.4, -0.2) is 23.9 Å². The zero-order valence-corrected chi connectivity index (χ0v) is 12.8. The summed E-state index contributed by atoms with van der Waals surface area (Å²) in [6, 6.07) is 0. The highest BCUT2D eigenvalue weighted by molar-refractivity contribution is 7.09. The minimum absolute atomic E-state index is 0. The van der Waals surface area contributed by atoms with Crippen LogP contribution in [0, 0.1) is 13.8 Å². The molecule has 1 amide bonds. The lowest BCUT2D eigenvalue weighted by Crippen LogP contribution is -3.00. The van der Waals surface area contributed by atoms with E-state index in [0.29, 0.717) is 6.54 Å². The summed E-state index contributed by atoms with van der Waals surface area (Å²) < 4.78 is 2.07.